The van der Waals surface area contributed by atoms with E-state index >= 15 is 0 Å². The van der Waals surface area contributed by atoms with Crippen LogP contribution < -0.4 is 14.8 Å². The molecule has 2 rings (SSSR count). The molecule has 0 aliphatic carbocycles. The summed E-state index contributed by atoms with van der Waals surface area (Å²) in [5.41, 5.74) is 2.12. The number of hydrogen-bond donors (Lipinski definition) is 1. The molecular formula is C16H23NO2. The van der Waals surface area contributed by atoms with E-state index in [0.29, 0.717) is 6.61 Å². The van der Waals surface area contributed by atoms with Crippen molar-refractivity contribution in [2.24, 2.45) is 0 Å². The van der Waals surface area contributed by atoms with E-state index in [0.717, 1.165) is 36.6 Å². The fourth-order valence-electron chi connectivity index (χ4n) is 2.23. The Morgan fingerprint density at radius 3 is 3.00 bits per heavy atom. The lowest BCUT2D eigenvalue weighted by Crippen LogP contribution is -2.24. The van der Waals surface area contributed by atoms with E-state index in [4.69, 9.17) is 9.47 Å². The van der Waals surface area contributed by atoms with Crippen molar-refractivity contribution in [1.29, 1.82) is 0 Å². The summed E-state index contributed by atoms with van der Waals surface area (Å²) in [6.45, 7) is 12.5. The van der Waals surface area contributed by atoms with Crippen molar-refractivity contribution in [3.63, 3.8) is 0 Å². The van der Waals surface area contributed by atoms with Crippen molar-refractivity contribution >= 4 is 0 Å². The van der Waals surface area contributed by atoms with Crippen molar-refractivity contribution in [3.05, 3.63) is 35.9 Å². The highest BCUT2D eigenvalue weighted by Gasteiger charge is 2.32. The van der Waals surface area contributed by atoms with Gasteiger partial charge in [0.25, 0.3) is 0 Å². The lowest BCUT2D eigenvalue weighted by atomic mass is 10.0. The average molecular weight is 261 g/mol. The third-order valence-electron chi connectivity index (χ3n) is 3.11. The number of benzene rings is 1. The molecule has 1 aromatic rings. The van der Waals surface area contributed by atoms with E-state index in [1.165, 1.54) is 5.56 Å². The van der Waals surface area contributed by atoms with Crippen LogP contribution in [0.5, 0.6) is 11.5 Å². The number of para-hydroxylation sites is 1. The number of likely N-dealkylation sites (N-methyl/N-ethyl adjacent to an activating group) is 1. The van der Waals surface area contributed by atoms with Gasteiger partial charge >= 0.3 is 0 Å². The fourth-order valence-corrected chi connectivity index (χ4v) is 2.23. The van der Waals surface area contributed by atoms with Gasteiger partial charge in [0.05, 0.1) is 0 Å². The van der Waals surface area contributed by atoms with Crippen LogP contribution in [0.25, 0.3) is 0 Å². The van der Waals surface area contributed by atoms with Crippen LogP contribution in [0.15, 0.2) is 30.4 Å². The summed E-state index contributed by atoms with van der Waals surface area (Å²) in [5.74, 6) is 1.71. The molecule has 1 heterocycles. The summed E-state index contributed by atoms with van der Waals surface area (Å²) >= 11 is 0. The Morgan fingerprint density at radius 1 is 1.47 bits per heavy atom. The number of rotatable bonds is 6. The number of nitrogens with one attached hydrogen (secondary N) is 1. The molecule has 0 atom stereocenters. The zero-order valence-corrected chi connectivity index (χ0v) is 12.1. The summed E-state index contributed by atoms with van der Waals surface area (Å²) in [7, 11) is 0. The van der Waals surface area contributed by atoms with E-state index in [1.807, 2.05) is 12.1 Å². The van der Waals surface area contributed by atoms with Crippen molar-refractivity contribution in [2.45, 2.75) is 32.8 Å². The lowest BCUT2D eigenvalue weighted by molar-refractivity contribution is 0.133. The minimum Gasteiger partial charge on any atom is -0.485 e. The highest BCUT2D eigenvalue weighted by Crippen LogP contribution is 2.41. The van der Waals surface area contributed by atoms with Gasteiger partial charge in [0.15, 0.2) is 11.5 Å². The van der Waals surface area contributed by atoms with E-state index in [2.05, 4.69) is 38.7 Å². The summed E-state index contributed by atoms with van der Waals surface area (Å²) in [5, 5.41) is 3.24. The monoisotopic (exact) mass is 261 g/mol. The van der Waals surface area contributed by atoms with Gasteiger partial charge in [0, 0.05) is 18.5 Å². The highest BCUT2D eigenvalue weighted by atomic mass is 16.5. The molecule has 1 aromatic carbocycles. The Bertz CT molecular complexity index is 466. The predicted molar refractivity (Wildman–Crippen MR) is 78.0 cm³/mol. The zero-order chi connectivity index (χ0) is 13.9. The lowest BCUT2D eigenvalue weighted by Gasteiger charge is -2.18. The van der Waals surface area contributed by atoms with Gasteiger partial charge in [-0.1, -0.05) is 25.6 Å². The molecule has 104 valence electrons. The molecule has 0 saturated carbocycles. The highest BCUT2D eigenvalue weighted by molar-refractivity contribution is 5.50. The van der Waals surface area contributed by atoms with E-state index in [9.17, 15) is 0 Å². The summed E-state index contributed by atoms with van der Waals surface area (Å²) in [6, 6.07) is 6.08. The first kappa shape index (κ1) is 13.9. The second kappa shape index (κ2) is 5.66. The van der Waals surface area contributed by atoms with Crippen LogP contribution in [-0.2, 0) is 6.42 Å². The topological polar surface area (TPSA) is 30.5 Å². The number of fused-ring (bicyclic) bond motifs is 1. The maximum Gasteiger partial charge on any atom is 0.165 e. The molecule has 0 bridgehead atoms. The van der Waals surface area contributed by atoms with Crippen LogP contribution in [0.4, 0.5) is 0 Å². The smallest absolute Gasteiger partial charge is 0.165 e. The van der Waals surface area contributed by atoms with E-state index in [1.54, 1.807) is 0 Å². The van der Waals surface area contributed by atoms with Gasteiger partial charge in [-0.3, -0.25) is 0 Å². The van der Waals surface area contributed by atoms with Crippen molar-refractivity contribution in [2.75, 3.05) is 19.7 Å². The first-order valence-electron chi connectivity index (χ1n) is 6.83. The maximum atomic E-state index is 5.97. The standard InChI is InChI=1S/C16H23NO2/c1-5-17-10-12(2)11-18-14-8-6-7-13-9-16(3,4)19-15(13)14/h6-8,17H,2,5,9-11H2,1,3-4H3. The Kier molecular flexibility index (Phi) is 4.15. The minimum absolute atomic E-state index is 0.136. The van der Waals surface area contributed by atoms with Gasteiger partial charge < -0.3 is 14.8 Å². The van der Waals surface area contributed by atoms with Gasteiger partial charge in [-0.05, 0) is 32.0 Å². The predicted octanol–water partition coefficient (Wildman–Crippen LogP) is 2.94. The Labute approximate surface area is 115 Å². The largest absolute Gasteiger partial charge is 0.485 e. The molecule has 3 nitrogen and oxygen atoms in total. The molecule has 3 heteroatoms. The fraction of sp³-hybridized carbons (Fsp3) is 0.500. The minimum atomic E-state index is -0.136. The van der Waals surface area contributed by atoms with E-state index in [-0.39, 0.29) is 5.60 Å². The molecule has 0 amide bonds. The summed E-state index contributed by atoms with van der Waals surface area (Å²) < 4.78 is 11.8. The van der Waals surface area contributed by atoms with Crippen LogP contribution >= 0.6 is 0 Å². The number of ether oxygens (including phenoxy) is 2. The second-order valence-corrected chi connectivity index (χ2v) is 5.60. The summed E-state index contributed by atoms with van der Waals surface area (Å²) in [6.07, 6.45) is 0.928. The van der Waals surface area contributed by atoms with Gasteiger partial charge in [0.2, 0.25) is 0 Å². The first-order valence-corrected chi connectivity index (χ1v) is 6.83. The van der Waals surface area contributed by atoms with Gasteiger partial charge in [-0.2, -0.15) is 0 Å². The molecule has 0 saturated heterocycles. The molecular weight excluding hydrogens is 238 g/mol. The number of hydrogen-bond acceptors (Lipinski definition) is 3. The molecule has 19 heavy (non-hydrogen) atoms. The summed E-state index contributed by atoms with van der Waals surface area (Å²) in [4.78, 5) is 0. The average Bonchev–Trinajstić information content (AvgIpc) is 2.68. The first-order chi connectivity index (χ1) is 9.02. The Balaban J connectivity index is 2.00. The van der Waals surface area contributed by atoms with Crippen molar-refractivity contribution in [3.8, 4) is 11.5 Å². The molecule has 0 spiro atoms. The normalized spacial score (nSPS) is 15.7. The SMILES string of the molecule is C=C(CNCC)COc1cccc2c1OC(C)(C)C2. The molecule has 0 fully saturated rings. The third-order valence-corrected chi connectivity index (χ3v) is 3.11. The van der Waals surface area contributed by atoms with Gasteiger partial charge in [0.1, 0.15) is 12.2 Å². The van der Waals surface area contributed by atoms with Gasteiger partial charge in [-0.15, -0.1) is 0 Å². The van der Waals surface area contributed by atoms with Crippen LogP contribution in [0.3, 0.4) is 0 Å². The third kappa shape index (κ3) is 3.51. The zero-order valence-electron chi connectivity index (χ0n) is 12.1. The van der Waals surface area contributed by atoms with Crippen molar-refractivity contribution < 1.29 is 9.47 Å². The molecule has 1 aliphatic rings. The van der Waals surface area contributed by atoms with Crippen molar-refractivity contribution in [1.82, 2.24) is 5.32 Å². The second-order valence-electron chi connectivity index (χ2n) is 5.60. The van der Waals surface area contributed by atoms with Crippen LogP contribution in [0.1, 0.15) is 26.3 Å². The Hall–Kier alpha value is -1.48. The maximum absolute atomic E-state index is 5.97. The molecule has 0 aromatic heterocycles. The van der Waals surface area contributed by atoms with Crippen LogP contribution in [0.2, 0.25) is 0 Å². The quantitative estimate of drug-likeness (QED) is 0.799. The van der Waals surface area contributed by atoms with Crippen LogP contribution in [-0.4, -0.2) is 25.3 Å². The van der Waals surface area contributed by atoms with E-state index < -0.39 is 0 Å². The molecule has 1 aliphatic heterocycles. The van der Waals surface area contributed by atoms with Gasteiger partial charge in [-0.25, -0.2) is 0 Å². The molecule has 0 radical (unpaired) electrons. The Morgan fingerprint density at radius 2 is 2.26 bits per heavy atom. The molecule has 0 unspecified atom stereocenters. The molecule has 1 N–H and O–H groups in total. The van der Waals surface area contributed by atoms with Crippen LogP contribution in [0, 0.1) is 0 Å².